The normalized spacial score (nSPS) is 13.9. The summed E-state index contributed by atoms with van der Waals surface area (Å²) in [6.07, 6.45) is 1.64. The van der Waals surface area contributed by atoms with Crippen molar-refractivity contribution in [1.82, 2.24) is 5.48 Å². The molecule has 1 aromatic carbocycles. The van der Waals surface area contributed by atoms with E-state index < -0.39 is 5.91 Å². The molecule has 0 heterocycles. The number of amides is 1. The van der Waals surface area contributed by atoms with Gasteiger partial charge in [-0.1, -0.05) is 25.5 Å². The second-order valence-electron chi connectivity index (χ2n) is 4.47. The van der Waals surface area contributed by atoms with Gasteiger partial charge in [-0.15, -0.1) is 0 Å². The van der Waals surface area contributed by atoms with Crippen LogP contribution in [0.2, 0.25) is 0 Å². The number of methoxy groups -OCH3 is 1. The lowest BCUT2D eigenvalue weighted by Gasteiger charge is -2.21. The zero-order chi connectivity index (χ0) is 14.3. The molecule has 4 nitrogen and oxygen atoms in total. The van der Waals surface area contributed by atoms with Crippen molar-refractivity contribution in [2.24, 2.45) is 5.92 Å². The summed E-state index contributed by atoms with van der Waals surface area (Å²) in [5, 5.41) is 8.73. The molecule has 2 unspecified atom stereocenters. The second-order valence-corrected chi connectivity index (χ2v) is 4.47. The predicted octanol–water partition coefficient (Wildman–Crippen LogP) is 2.83. The van der Waals surface area contributed by atoms with Crippen molar-refractivity contribution in [2.75, 3.05) is 7.11 Å². The Hall–Kier alpha value is -1.46. The Bertz CT molecular complexity index is 394. The van der Waals surface area contributed by atoms with Gasteiger partial charge in [0.05, 0.1) is 6.10 Å². The van der Waals surface area contributed by atoms with Gasteiger partial charge in [0.2, 0.25) is 5.91 Å². The monoisotopic (exact) mass is 269 g/mol. The van der Waals surface area contributed by atoms with Crippen LogP contribution in [0.25, 0.3) is 0 Å². The lowest BCUT2D eigenvalue weighted by Crippen LogP contribution is -2.29. The molecule has 0 aliphatic carbocycles. The molecule has 0 saturated carbocycles. The van der Waals surface area contributed by atoms with E-state index in [0.29, 0.717) is 12.8 Å². The van der Waals surface area contributed by atoms with E-state index >= 15 is 0 Å². The first-order valence-corrected chi connectivity index (χ1v) is 6.34. The quantitative estimate of drug-likeness (QED) is 0.591. The van der Waals surface area contributed by atoms with Gasteiger partial charge in [-0.2, -0.15) is 0 Å². The van der Waals surface area contributed by atoms with Gasteiger partial charge in [-0.05, 0) is 30.5 Å². The molecule has 0 bridgehead atoms. The molecule has 1 rings (SSSR count). The van der Waals surface area contributed by atoms with Gasteiger partial charge in [-0.3, -0.25) is 10.0 Å². The highest BCUT2D eigenvalue weighted by Gasteiger charge is 2.23. The van der Waals surface area contributed by atoms with Crippen LogP contribution in [0.5, 0.6) is 0 Å². The van der Waals surface area contributed by atoms with Gasteiger partial charge in [-0.25, -0.2) is 9.87 Å². The number of carbonyl (C=O) groups is 1. The molecule has 0 fully saturated rings. The lowest BCUT2D eigenvalue weighted by atomic mass is 9.92. The molecule has 5 heteroatoms. The number of nitrogens with one attached hydrogen (secondary N) is 1. The van der Waals surface area contributed by atoms with Crippen LogP contribution in [0.3, 0.4) is 0 Å². The number of hydrogen-bond acceptors (Lipinski definition) is 3. The van der Waals surface area contributed by atoms with E-state index in [2.05, 4.69) is 0 Å². The molecule has 1 aromatic rings. The molecule has 0 spiro atoms. The Morgan fingerprint density at radius 1 is 1.42 bits per heavy atom. The van der Waals surface area contributed by atoms with Crippen LogP contribution < -0.4 is 5.48 Å². The van der Waals surface area contributed by atoms with Crippen LogP contribution >= 0.6 is 0 Å². The van der Waals surface area contributed by atoms with Crippen LogP contribution in [0.1, 0.15) is 37.9 Å². The highest BCUT2D eigenvalue weighted by Crippen LogP contribution is 2.27. The van der Waals surface area contributed by atoms with E-state index in [1.54, 1.807) is 24.7 Å². The van der Waals surface area contributed by atoms with Crippen molar-refractivity contribution in [1.29, 1.82) is 0 Å². The van der Waals surface area contributed by atoms with E-state index in [-0.39, 0.29) is 17.8 Å². The molecule has 0 aliphatic heterocycles. The summed E-state index contributed by atoms with van der Waals surface area (Å²) in [4.78, 5) is 11.6. The molecule has 2 atom stereocenters. The fourth-order valence-corrected chi connectivity index (χ4v) is 2.10. The Kier molecular flexibility index (Phi) is 6.45. The predicted molar refractivity (Wildman–Crippen MR) is 69.1 cm³/mol. The van der Waals surface area contributed by atoms with Crippen LogP contribution in [0.15, 0.2) is 24.3 Å². The van der Waals surface area contributed by atoms with E-state index in [1.807, 2.05) is 6.92 Å². The summed E-state index contributed by atoms with van der Waals surface area (Å²) >= 11 is 0. The van der Waals surface area contributed by atoms with Gasteiger partial charge < -0.3 is 4.74 Å². The number of ether oxygens (including phenoxy) is 1. The van der Waals surface area contributed by atoms with Gasteiger partial charge in [0.25, 0.3) is 0 Å². The summed E-state index contributed by atoms with van der Waals surface area (Å²) in [7, 11) is 1.55. The fraction of sp³-hybridized carbons (Fsp3) is 0.500. The molecule has 2 N–H and O–H groups in total. The van der Waals surface area contributed by atoms with Crippen LogP contribution in [0.4, 0.5) is 4.39 Å². The van der Waals surface area contributed by atoms with Crippen molar-refractivity contribution < 1.29 is 19.1 Å². The third kappa shape index (κ3) is 4.61. The number of hydrogen-bond donors (Lipinski definition) is 2. The van der Waals surface area contributed by atoms with E-state index in [0.717, 1.165) is 12.0 Å². The topological polar surface area (TPSA) is 58.6 Å². The minimum Gasteiger partial charge on any atom is -0.377 e. The number of rotatable bonds is 7. The number of carbonyl (C=O) groups excluding carboxylic acids is 1. The van der Waals surface area contributed by atoms with E-state index in [4.69, 9.17) is 9.94 Å². The molecular weight excluding hydrogens is 249 g/mol. The maximum atomic E-state index is 12.9. The summed E-state index contributed by atoms with van der Waals surface area (Å²) < 4.78 is 18.2. The zero-order valence-corrected chi connectivity index (χ0v) is 11.2. The third-order valence-corrected chi connectivity index (χ3v) is 3.14. The first-order valence-electron chi connectivity index (χ1n) is 6.34. The van der Waals surface area contributed by atoms with Crippen molar-refractivity contribution in [3.8, 4) is 0 Å². The molecule has 0 aromatic heterocycles. The number of benzene rings is 1. The van der Waals surface area contributed by atoms with Gasteiger partial charge >= 0.3 is 0 Å². The summed E-state index contributed by atoms with van der Waals surface area (Å²) in [6.45, 7) is 1.97. The number of halogens is 1. The van der Waals surface area contributed by atoms with Gasteiger partial charge in [0.15, 0.2) is 0 Å². The highest BCUT2D eigenvalue weighted by molar-refractivity contribution is 5.77. The molecule has 106 valence electrons. The largest absolute Gasteiger partial charge is 0.377 e. The van der Waals surface area contributed by atoms with Crippen molar-refractivity contribution in [3.63, 3.8) is 0 Å². The highest BCUT2D eigenvalue weighted by atomic mass is 19.1. The molecule has 0 radical (unpaired) electrons. The van der Waals surface area contributed by atoms with Crippen molar-refractivity contribution in [3.05, 3.63) is 35.6 Å². The third-order valence-electron chi connectivity index (χ3n) is 3.14. The minimum absolute atomic E-state index is 0.297. The molecule has 19 heavy (non-hydrogen) atoms. The maximum absolute atomic E-state index is 12.9. The summed E-state index contributed by atoms with van der Waals surface area (Å²) in [5.41, 5.74) is 2.50. The van der Waals surface area contributed by atoms with Crippen LogP contribution in [0, 0.1) is 11.7 Å². The standard InChI is InChI=1S/C14H20FNO3/c1-3-4-11(14(17)16-18)9-13(19-2)10-5-7-12(15)8-6-10/h5-8,11,13,18H,3-4,9H2,1-2H3,(H,16,17). The van der Waals surface area contributed by atoms with E-state index in [1.165, 1.54) is 12.1 Å². The zero-order valence-electron chi connectivity index (χ0n) is 11.2. The molecular formula is C14H20FNO3. The van der Waals surface area contributed by atoms with Crippen molar-refractivity contribution in [2.45, 2.75) is 32.3 Å². The SMILES string of the molecule is CCCC(CC(OC)c1ccc(F)cc1)C(=O)NO. The minimum atomic E-state index is -0.411. The fourth-order valence-electron chi connectivity index (χ4n) is 2.10. The Labute approximate surface area is 112 Å². The average molecular weight is 269 g/mol. The van der Waals surface area contributed by atoms with E-state index in [9.17, 15) is 9.18 Å². The van der Waals surface area contributed by atoms with Crippen LogP contribution in [-0.4, -0.2) is 18.2 Å². The average Bonchev–Trinajstić information content (AvgIpc) is 2.43. The second kappa shape index (κ2) is 7.86. The Morgan fingerprint density at radius 3 is 2.53 bits per heavy atom. The molecule has 1 amide bonds. The Balaban J connectivity index is 2.78. The Morgan fingerprint density at radius 2 is 2.05 bits per heavy atom. The van der Waals surface area contributed by atoms with Crippen molar-refractivity contribution >= 4 is 5.91 Å². The number of hydroxylamine groups is 1. The maximum Gasteiger partial charge on any atom is 0.246 e. The smallest absolute Gasteiger partial charge is 0.246 e. The first kappa shape index (κ1) is 15.6. The summed E-state index contributed by atoms with van der Waals surface area (Å²) in [5.74, 6) is -1.05. The molecule has 0 aliphatic rings. The van der Waals surface area contributed by atoms with Crippen LogP contribution in [-0.2, 0) is 9.53 Å². The first-order chi connectivity index (χ1) is 9.12. The lowest BCUT2D eigenvalue weighted by molar-refractivity contribution is -0.135. The summed E-state index contributed by atoms with van der Waals surface area (Å²) in [6, 6.07) is 6.01. The van der Waals surface area contributed by atoms with Gasteiger partial charge in [0, 0.05) is 13.0 Å². The molecule has 0 saturated heterocycles. The van der Waals surface area contributed by atoms with Gasteiger partial charge in [0.1, 0.15) is 5.82 Å².